The number of carbonyl (C=O) groups excluding carboxylic acids is 1. The first kappa shape index (κ1) is 36.4. The SMILES string of the molecule is C=CCc1ccccc1O[Si](C)(C)C(C)(C)C.CC(C)(C)OC(=O)/C=C/Cc1ccccc1O[Si](C)(C)C(C)(C)C. The van der Waals surface area contributed by atoms with Crippen molar-refractivity contribution in [1.82, 2.24) is 0 Å². The average molecular weight is 597 g/mol. The number of benzene rings is 2. The highest BCUT2D eigenvalue weighted by Crippen LogP contribution is 2.39. The molecule has 228 valence electrons. The van der Waals surface area contributed by atoms with Gasteiger partial charge in [0.15, 0.2) is 0 Å². The largest absolute Gasteiger partial charge is 0.543 e. The third-order valence-corrected chi connectivity index (χ3v) is 16.3. The van der Waals surface area contributed by atoms with Crippen LogP contribution in [0.25, 0.3) is 0 Å². The summed E-state index contributed by atoms with van der Waals surface area (Å²) in [4.78, 5) is 11.8. The van der Waals surface area contributed by atoms with Gasteiger partial charge in [-0.2, -0.15) is 0 Å². The second-order valence-electron chi connectivity index (χ2n) is 14.6. The molecule has 0 aliphatic carbocycles. The van der Waals surface area contributed by atoms with Crippen LogP contribution in [-0.2, 0) is 22.4 Å². The molecule has 0 radical (unpaired) electrons. The zero-order valence-corrected chi connectivity index (χ0v) is 30.1. The summed E-state index contributed by atoms with van der Waals surface area (Å²) in [6.45, 7) is 31.9. The van der Waals surface area contributed by atoms with Gasteiger partial charge in [0.05, 0.1) is 0 Å². The average Bonchev–Trinajstić information content (AvgIpc) is 2.79. The number of ether oxygens (including phenoxy) is 1. The van der Waals surface area contributed by atoms with E-state index in [1.165, 1.54) is 11.6 Å². The number of hydrogen-bond donors (Lipinski definition) is 0. The molecule has 41 heavy (non-hydrogen) atoms. The van der Waals surface area contributed by atoms with E-state index in [2.05, 4.69) is 92.5 Å². The van der Waals surface area contributed by atoms with Gasteiger partial charge in [-0.05, 0) is 93.1 Å². The van der Waals surface area contributed by atoms with Gasteiger partial charge in [0, 0.05) is 6.08 Å². The van der Waals surface area contributed by atoms with Gasteiger partial charge >= 0.3 is 5.97 Å². The highest BCUT2D eigenvalue weighted by Gasteiger charge is 2.40. The molecule has 0 spiro atoms. The van der Waals surface area contributed by atoms with Gasteiger partial charge in [-0.1, -0.05) is 90.1 Å². The molecule has 2 aromatic carbocycles. The Morgan fingerprint density at radius 3 is 1.46 bits per heavy atom. The van der Waals surface area contributed by atoms with Crippen molar-refractivity contribution in [3.05, 3.63) is 84.5 Å². The number of rotatable bonds is 9. The quantitative estimate of drug-likeness (QED) is 0.125. The van der Waals surface area contributed by atoms with Crippen LogP contribution >= 0.6 is 0 Å². The summed E-state index contributed by atoms with van der Waals surface area (Å²) in [7, 11) is -3.63. The molecule has 0 heterocycles. The predicted octanol–water partition coefficient (Wildman–Crippen LogP) is 10.3. The van der Waals surface area contributed by atoms with Crippen LogP contribution in [0.5, 0.6) is 11.5 Å². The fourth-order valence-electron chi connectivity index (χ4n) is 3.17. The van der Waals surface area contributed by atoms with Crippen molar-refractivity contribution in [1.29, 1.82) is 0 Å². The van der Waals surface area contributed by atoms with E-state index in [4.69, 9.17) is 13.6 Å². The van der Waals surface area contributed by atoms with Crippen LogP contribution in [0.4, 0.5) is 0 Å². The lowest BCUT2D eigenvalue weighted by Gasteiger charge is -2.37. The smallest absolute Gasteiger partial charge is 0.330 e. The molecule has 2 aromatic rings. The number of hydrogen-bond acceptors (Lipinski definition) is 4. The lowest BCUT2D eigenvalue weighted by Crippen LogP contribution is -2.44. The van der Waals surface area contributed by atoms with Gasteiger partial charge in [0.1, 0.15) is 17.1 Å². The van der Waals surface area contributed by atoms with Crippen LogP contribution in [0, 0.1) is 0 Å². The van der Waals surface area contributed by atoms with Crippen LogP contribution in [-0.4, -0.2) is 28.2 Å². The molecule has 0 aliphatic rings. The van der Waals surface area contributed by atoms with Crippen LogP contribution < -0.4 is 8.85 Å². The van der Waals surface area contributed by atoms with E-state index in [1.807, 2.05) is 63.3 Å². The monoisotopic (exact) mass is 596 g/mol. The number of esters is 1. The lowest BCUT2D eigenvalue weighted by molar-refractivity contribution is -0.148. The molecule has 0 N–H and O–H groups in total. The molecule has 0 amide bonds. The second kappa shape index (κ2) is 14.5. The number of para-hydroxylation sites is 2. The molecule has 0 aromatic heterocycles. The highest BCUT2D eigenvalue weighted by molar-refractivity contribution is 6.75. The number of carbonyl (C=O) groups is 1. The topological polar surface area (TPSA) is 44.8 Å². The van der Waals surface area contributed by atoms with E-state index in [0.29, 0.717) is 6.42 Å². The summed E-state index contributed by atoms with van der Waals surface area (Å²) in [6.07, 6.45) is 6.76. The Balaban J connectivity index is 0.000000435. The normalized spacial score (nSPS) is 12.8. The highest BCUT2D eigenvalue weighted by atomic mass is 28.4. The van der Waals surface area contributed by atoms with E-state index in [0.717, 1.165) is 23.5 Å². The van der Waals surface area contributed by atoms with Crippen molar-refractivity contribution in [3.63, 3.8) is 0 Å². The summed E-state index contributed by atoms with van der Waals surface area (Å²) in [6, 6.07) is 16.3. The fraction of sp³-hybridized carbons (Fsp3) is 0.514. The molecule has 0 fully saturated rings. The van der Waals surface area contributed by atoms with E-state index < -0.39 is 22.2 Å². The van der Waals surface area contributed by atoms with Gasteiger partial charge in [-0.25, -0.2) is 4.79 Å². The Labute approximate surface area is 253 Å². The van der Waals surface area contributed by atoms with Crippen LogP contribution in [0.2, 0.25) is 36.3 Å². The van der Waals surface area contributed by atoms with Crippen molar-refractivity contribution in [2.45, 2.75) is 117 Å². The molecule has 0 unspecified atom stereocenters. The van der Waals surface area contributed by atoms with Gasteiger partial charge < -0.3 is 13.6 Å². The fourth-order valence-corrected chi connectivity index (χ4v) is 5.28. The molecule has 0 saturated carbocycles. The van der Waals surface area contributed by atoms with E-state index in [1.54, 1.807) is 0 Å². The Hall–Kier alpha value is -2.58. The summed E-state index contributed by atoms with van der Waals surface area (Å²) in [5, 5.41) is 0.376. The standard InChI is InChI=1S/C20H32O3Si.C15H24OSi/c1-19(2,3)22-18(21)15-11-13-16-12-9-10-14-17(16)23-24(7,8)20(4,5)6;1-7-10-13-11-8-9-12-14(13)16-17(5,6)15(2,3)4/h9-12,14-15H,13H2,1-8H3;7-9,11-12H,1,10H2,2-6H3/b15-11+;. The van der Waals surface area contributed by atoms with Gasteiger partial charge in [-0.3, -0.25) is 0 Å². The van der Waals surface area contributed by atoms with E-state index in [9.17, 15) is 4.79 Å². The maximum absolute atomic E-state index is 11.8. The van der Waals surface area contributed by atoms with E-state index in [-0.39, 0.29) is 16.0 Å². The third-order valence-electron chi connectivity index (χ3n) is 7.65. The zero-order chi connectivity index (χ0) is 31.7. The van der Waals surface area contributed by atoms with E-state index >= 15 is 0 Å². The van der Waals surface area contributed by atoms with Crippen LogP contribution in [0.3, 0.4) is 0 Å². The molecular weight excluding hydrogens is 541 g/mol. The zero-order valence-electron chi connectivity index (χ0n) is 28.1. The van der Waals surface area contributed by atoms with Crippen LogP contribution in [0.15, 0.2) is 73.3 Å². The summed E-state index contributed by atoms with van der Waals surface area (Å²) >= 11 is 0. The third kappa shape index (κ3) is 12.4. The minimum absolute atomic E-state index is 0.145. The Morgan fingerprint density at radius 2 is 1.10 bits per heavy atom. The summed E-state index contributed by atoms with van der Waals surface area (Å²) in [5.41, 5.74) is 1.85. The molecule has 6 heteroatoms. The second-order valence-corrected chi connectivity index (χ2v) is 24.0. The number of allylic oxidation sites excluding steroid dienone is 2. The molecule has 0 bridgehead atoms. The summed E-state index contributed by atoms with van der Waals surface area (Å²) in [5.74, 6) is 1.63. The Morgan fingerprint density at radius 1 is 0.707 bits per heavy atom. The Kier molecular flexibility index (Phi) is 12.9. The van der Waals surface area contributed by atoms with Crippen LogP contribution in [0.1, 0.15) is 73.4 Å². The van der Waals surface area contributed by atoms with Crippen molar-refractivity contribution in [2.24, 2.45) is 0 Å². The van der Waals surface area contributed by atoms with Crippen molar-refractivity contribution in [3.8, 4) is 11.5 Å². The van der Waals surface area contributed by atoms with Crippen molar-refractivity contribution >= 4 is 22.6 Å². The minimum Gasteiger partial charge on any atom is -0.543 e. The summed E-state index contributed by atoms with van der Waals surface area (Å²) < 4.78 is 18.0. The molecule has 0 atom stereocenters. The minimum atomic E-state index is -1.89. The lowest BCUT2D eigenvalue weighted by atomic mass is 10.1. The maximum Gasteiger partial charge on any atom is 0.330 e. The first-order valence-corrected chi connectivity index (χ1v) is 20.5. The van der Waals surface area contributed by atoms with Crippen molar-refractivity contribution in [2.75, 3.05) is 0 Å². The Bertz CT molecular complexity index is 1160. The molecule has 4 nitrogen and oxygen atoms in total. The molecular formula is C35H56O4Si2. The molecule has 2 rings (SSSR count). The predicted molar refractivity (Wildman–Crippen MR) is 181 cm³/mol. The van der Waals surface area contributed by atoms with Crippen molar-refractivity contribution < 1.29 is 18.4 Å². The van der Waals surface area contributed by atoms with Gasteiger partial charge in [-0.15, -0.1) is 6.58 Å². The van der Waals surface area contributed by atoms with Gasteiger partial charge in [0.2, 0.25) is 16.6 Å². The molecule has 0 aliphatic heterocycles. The first-order valence-electron chi connectivity index (χ1n) is 14.6. The van der Waals surface area contributed by atoms with Gasteiger partial charge in [0.25, 0.3) is 0 Å². The molecule has 0 saturated heterocycles. The first-order chi connectivity index (χ1) is 18.6. The maximum atomic E-state index is 11.8.